The normalized spacial score (nSPS) is 12.0. The van der Waals surface area contributed by atoms with Gasteiger partial charge in [-0.2, -0.15) is 0 Å². The molecule has 0 bridgehead atoms. The fraction of sp³-hybridized carbons (Fsp3) is 0.250. The Hall–Kier alpha value is -2.35. The molecule has 0 fully saturated rings. The predicted molar refractivity (Wildman–Crippen MR) is 97.4 cm³/mol. The molecule has 0 aliphatic carbocycles. The summed E-state index contributed by atoms with van der Waals surface area (Å²) >= 11 is 0. The van der Waals surface area contributed by atoms with Gasteiger partial charge in [-0.15, -0.1) is 0 Å². The average molecular weight is 293 g/mol. The van der Waals surface area contributed by atoms with Crippen LogP contribution in [0.25, 0.3) is 21.9 Å². The number of rotatable bonds is 2. The van der Waals surface area contributed by atoms with Crippen LogP contribution in [0.3, 0.4) is 0 Å². The monoisotopic (exact) mass is 293 g/mol. The zero-order valence-corrected chi connectivity index (χ0v) is 14.0. The van der Waals surface area contributed by atoms with Gasteiger partial charge in [-0.25, -0.2) is 0 Å². The summed E-state index contributed by atoms with van der Waals surface area (Å²) in [5, 5.41) is 2.27. The second kappa shape index (κ2) is 7.08. The van der Waals surface area contributed by atoms with Crippen molar-refractivity contribution in [3.8, 4) is 0 Å². The van der Waals surface area contributed by atoms with Gasteiger partial charge in [0.1, 0.15) is 11.3 Å². The molecule has 22 heavy (non-hydrogen) atoms. The molecule has 0 aliphatic heterocycles. The molecule has 0 unspecified atom stereocenters. The summed E-state index contributed by atoms with van der Waals surface area (Å²) in [6, 6.07) is 12.3. The summed E-state index contributed by atoms with van der Waals surface area (Å²) in [5.74, 6) is 0. The van der Waals surface area contributed by atoms with E-state index >= 15 is 0 Å². The maximum atomic E-state index is 6.05. The van der Waals surface area contributed by atoms with E-state index in [0.29, 0.717) is 0 Å². The maximum Gasteiger partial charge on any atom is 0.161 e. The van der Waals surface area contributed by atoms with Crippen molar-refractivity contribution in [2.75, 3.05) is 0 Å². The third kappa shape index (κ3) is 2.96. The van der Waals surface area contributed by atoms with E-state index in [-0.39, 0.29) is 0 Å². The number of nitrogens with zero attached hydrogens (tertiary/aromatic N) is 1. The number of fused-ring (bicyclic) bond motifs is 3. The van der Waals surface area contributed by atoms with Crippen LogP contribution < -0.4 is 0 Å². The van der Waals surface area contributed by atoms with E-state index < -0.39 is 0 Å². The number of hydrogen-bond acceptors (Lipinski definition) is 2. The SMILES string of the molecule is C/C=C(/C)C=Nc1cccc2c1oc1c(C)cccc12.CC. The summed E-state index contributed by atoms with van der Waals surface area (Å²) in [6.45, 7) is 10.1. The Morgan fingerprint density at radius 2 is 1.64 bits per heavy atom. The number of furan rings is 1. The van der Waals surface area contributed by atoms with Crippen molar-refractivity contribution < 1.29 is 4.42 Å². The first kappa shape index (κ1) is 16.0. The fourth-order valence-corrected chi connectivity index (χ4v) is 2.29. The van der Waals surface area contributed by atoms with E-state index in [2.05, 4.69) is 36.2 Å². The second-order valence-corrected chi connectivity index (χ2v) is 5.00. The van der Waals surface area contributed by atoms with E-state index in [1.54, 1.807) is 0 Å². The number of hydrogen-bond donors (Lipinski definition) is 0. The molecular weight excluding hydrogens is 270 g/mol. The van der Waals surface area contributed by atoms with Crippen molar-refractivity contribution in [1.29, 1.82) is 0 Å². The van der Waals surface area contributed by atoms with Gasteiger partial charge in [-0.1, -0.05) is 50.3 Å². The van der Waals surface area contributed by atoms with Crippen LogP contribution >= 0.6 is 0 Å². The van der Waals surface area contributed by atoms with Crippen LogP contribution in [0.4, 0.5) is 5.69 Å². The molecule has 0 aliphatic rings. The van der Waals surface area contributed by atoms with Crippen molar-refractivity contribution in [3.05, 3.63) is 53.6 Å². The van der Waals surface area contributed by atoms with Crippen molar-refractivity contribution in [3.63, 3.8) is 0 Å². The van der Waals surface area contributed by atoms with E-state index in [9.17, 15) is 0 Å². The number of benzene rings is 2. The number of aryl methyl sites for hydroxylation is 1. The molecule has 0 atom stereocenters. The van der Waals surface area contributed by atoms with Crippen molar-refractivity contribution >= 4 is 33.8 Å². The van der Waals surface area contributed by atoms with Gasteiger partial charge in [0, 0.05) is 17.0 Å². The topological polar surface area (TPSA) is 25.5 Å². The highest BCUT2D eigenvalue weighted by Gasteiger charge is 2.10. The fourth-order valence-electron chi connectivity index (χ4n) is 2.29. The summed E-state index contributed by atoms with van der Waals surface area (Å²) in [7, 11) is 0. The van der Waals surface area contributed by atoms with Gasteiger partial charge in [0.15, 0.2) is 5.58 Å². The van der Waals surface area contributed by atoms with Gasteiger partial charge >= 0.3 is 0 Å². The Kier molecular flexibility index (Phi) is 5.16. The molecule has 0 amide bonds. The van der Waals surface area contributed by atoms with Gasteiger partial charge in [0.05, 0.1) is 0 Å². The average Bonchev–Trinajstić information content (AvgIpc) is 2.95. The standard InChI is InChI=1S/C18H17NO.C2H6/c1-4-12(2)11-19-16-10-6-9-15-14-8-5-7-13(3)17(14)20-18(15)16;1-2/h4-11H,1-3H3;1-2H3/b12-4-,19-11?;. The molecule has 114 valence electrons. The molecule has 0 radical (unpaired) electrons. The first-order chi connectivity index (χ1) is 10.7. The van der Waals surface area contributed by atoms with Crippen molar-refractivity contribution in [2.45, 2.75) is 34.6 Å². The predicted octanol–water partition coefficient (Wildman–Crippen LogP) is 6.59. The molecular formula is C20H23NO. The summed E-state index contributed by atoms with van der Waals surface area (Å²) in [6.07, 6.45) is 3.90. The lowest BCUT2D eigenvalue weighted by atomic mass is 10.1. The van der Waals surface area contributed by atoms with Crippen LogP contribution in [0.15, 0.2) is 57.5 Å². The number of para-hydroxylation sites is 2. The van der Waals surface area contributed by atoms with Gasteiger partial charge in [-0.3, -0.25) is 4.99 Å². The van der Waals surface area contributed by atoms with Crippen LogP contribution in [0.1, 0.15) is 33.3 Å². The van der Waals surface area contributed by atoms with Gasteiger partial charge in [0.25, 0.3) is 0 Å². The third-order valence-corrected chi connectivity index (χ3v) is 3.56. The molecule has 2 aromatic carbocycles. The first-order valence-electron chi connectivity index (χ1n) is 7.78. The molecule has 2 heteroatoms. The minimum atomic E-state index is 0.858. The molecule has 0 N–H and O–H groups in total. The van der Waals surface area contributed by atoms with Crippen molar-refractivity contribution in [1.82, 2.24) is 0 Å². The van der Waals surface area contributed by atoms with Crippen LogP contribution in [-0.4, -0.2) is 6.21 Å². The minimum Gasteiger partial charge on any atom is -0.454 e. The summed E-state index contributed by atoms with van der Waals surface area (Å²) < 4.78 is 6.05. The Morgan fingerprint density at radius 1 is 1.00 bits per heavy atom. The quantitative estimate of drug-likeness (QED) is 0.489. The van der Waals surface area contributed by atoms with Gasteiger partial charge < -0.3 is 4.42 Å². The van der Waals surface area contributed by atoms with E-state index in [1.165, 1.54) is 0 Å². The molecule has 0 saturated carbocycles. The molecule has 1 aromatic heterocycles. The third-order valence-electron chi connectivity index (χ3n) is 3.56. The van der Waals surface area contributed by atoms with Crippen LogP contribution in [0.2, 0.25) is 0 Å². The van der Waals surface area contributed by atoms with Gasteiger partial charge in [0.2, 0.25) is 0 Å². The highest BCUT2D eigenvalue weighted by atomic mass is 16.3. The van der Waals surface area contributed by atoms with Crippen LogP contribution in [0.5, 0.6) is 0 Å². The molecule has 1 heterocycles. The Bertz CT molecular complexity index is 837. The highest BCUT2D eigenvalue weighted by molar-refractivity contribution is 6.09. The Morgan fingerprint density at radius 3 is 2.32 bits per heavy atom. The van der Waals surface area contributed by atoms with E-state index in [1.807, 2.05) is 52.1 Å². The smallest absolute Gasteiger partial charge is 0.161 e. The summed E-state index contributed by atoms with van der Waals surface area (Å²) in [4.78, 5) is 4.54. The Labute approximate surface area is 132 Å². The lowest BCUT2D eigenvalue weighted by molar-refractivity contribution is 0.666. The molecule has 0 spiro atoms. The molecule has 3 rings (SSSR count). The first-order valence-corrected chi connectivity index (χ1v) is 7.78. The van der Waals surface area contributed by atoms with Crippen molar-refractivity contribution in [2.24, 2.45) is 4.99 Å². The van der Waals surface area contributed by atoms with Crippen LogP contribution in [-0.2, 0) is 0 Å². The lowest BCUT2D eigenvalue weighted by Gasteiger charge is -1.95. The van der Waals surface area contributed by atoms with Crippen LogP contribution in [0, 0.1) is 6.92 Å². The largest absolute Gasteiger partial charge is 0.454 e. The zero-order valence-electron chi connectivity index (χ0n) is 14.0. The lowest BCUT2D eigenvalue weighted by Crippen LogP contribution is -1.75. The maximum absolute atomic E-state index is 6.05. The number of allylic oxidation sites excluding steroid dienone is 2. The highest BCUT2D eigenvalue weighted by Crippen LogP contribution is 2.35. The molecule has 0 saturated heterocycles. The molecule has 2 nitrogen and oxygen atoms in total. The minimum absolute atomic E-state index is 0.858. The van der Waals surface area contributed by atoms with Gasteiger partial charge in [-0.05, 0) is 38.0 Å². The number of aliphatic imine (C=N–C) groups is 1. The second-order valence-electron chi connectivity index (χ2n) is 5.00. The Balaban J connectivity index is 0.000000847. The zero-order chi connectivity index (χ0) is 16.1. The summed E-state index contributed by atoms with van der Waals surface area (Å²) in [5.41, 5.74) is 4.97. The van der Waals surface area contributed by atoms with E-state index in [4.69, 9.17) is 4.42 Å². The molecule has 3 aromatic rings. The van der Waals surface area contributed by atoms with E-state index in [0.717, 1.165) is 38.8 Å².